The predicted octanol–water partition coefficient (Wildman–Crippen LogP) is 3.74. The molecule has 82 valence electrons. The second-order valence-corrected chi connectivity index (χ2v) is 4.10. The van der Waals surface area contributed by atoms with Crippen LogP contribution >= 0.6 is 0 Å². The molecule has 0 aromatic heterocycles. The Labute approximate surface area is 104 Å². The van der Waals surface area contributed by atoms with Crippen molar-refractivity contribution in [1.29, 1.82) is 10.5 Å². The molecule has 2 heteroatoms. The van der Waals surface area contributed by atoms with Crippen molar-refractivity contribution in [3.05, 3.63) is 59.7 Å². The van der Waals surface area contributed by atoms with E-state index in [1.165, 1.54) is 0 Å². The number of nitriles is 2. The molecule has 3 aromatic rings. The highest BCUT2D eigenvalue weighted by Crippen LogP contribution is 2.29. The Morgan fingerprint density at radius 3 is 2.22 bits per heavy atom. The van der Waals surface area contributed by atoms with Gasteiger partial charge < -0.3 is 0 Å². The monoisotopic (exact) mass is 228 g/mol. The third-order valence-corrected chi connectivity index (χ3v) is 3.14. The van der Waals surface area contributed by atoms with Gasteiger partial charge in [0.1, 0.15) is 12.1 Å². The Balaban J connectivity index is 2.64. The zero-order chi connectivity index (χ0) is 12.5. The maximum Gasteiger partial charge on any atom is 0.101 e. The quantitative estimate of drug-likeness (QED) is 0.550. The Hall–Kier alpha value is -2.84. The molecule has 0 amide bonds. The maximum absolute atomic E-state index is 9.31. The second-order valence-electron chi connectivity index (χ2n) is 4.10. The molecular weight excluding hydrogens is 220 g/mol. The van der Waals surface area contributed by atoms with Crippen LogP contribution in [0.5, 0.6) is 0 Å². The summed E-state index contributed by atoms with van der Waals surface area (Å²) in [7, 11) is 0. The summed E-state index contributed by atoms with van der Waals surface area (Å²) in [4.78, 5) is 0. The van der Waals surface area contributed by atoms with Crippen molar-refractivity contribution in [2.75, 3.05) is 0 Å². The number of nitrogens with zero attached hydrogens (tertiary/aromatic N) is 2. The number of fused-ring (bicyclic) bond motifs is 3. The van der Waals surface area contributed by atoms with E-state index >= 15 is 0 Å². The molecule has 18 heavy (non-hydrogen) atoms. The van der Waals surface area contributed by atoms with Crippen molar-refractivity contribution in [2.24, 2.45) is 0 Å². The first kappa shape index (κ1) is 10.3. The largest absolute Gasteiger partial charge is 0.192 e. The number of benzene rings is 3. The van der Waals surface area contributed by atoms with E-state index in [1.807, 2.05) is 42.5 Å². The summed E-state index contributed by atoms with van der Waals surface area (Å²) in [5, 5.41) is 22.3. The SMILES string of the molecule is N#Cc1ccc2ccc3ccccc3c2c1C#N. The molecule has 3 rings (SSSR count). The lowest BCUT2D eigenvalue weighted by molar-refractivity contribution is 1.45. The van der Waals surface area contributed by atoms with Gasteiger partial charge in [0.05, 0.1) is 11.1 Å². The average molecular weight is 228 g/mol. The van der Waals surface area contributed by atoms with Crippen LogP contribution in [0.25, 0.3) is 21.5 Å². The van der Waals surface area contributed by atoms with Gasteiger partial charge in [-0.15, -0.1) is 0 Å². The van der Waals surface area contributed by atoms with Gasteiger partial charge in [-0.3, -0.25) is 0 Å². The van der Waals surface area contributed by atoms with Gasteiger partial charge in [-0.05, 0) is 22.2 Å². The molecule has 0 spiro atoms. The van der Waals surface area contributed by atoms with Crippen molar-refractivity contribution < 1.29 is 0 Å². The highest BCUT2D eigenvalue weighted by Gasteiger charge is 2.09. The van der Waals surface area contributed by atoms with Crippen molar-refractivity contribution in [3.8, 4) is 12.1 Å². The Morgan fingerprint density at radius 2 is 1.44 bits per heavy atom. The molecule has 2 nitrogen and oxygen atoms in total. The topological polar surface area (TPSA) is 47.6 Å². The fourth-order valence-corrected chi connectivity index (χ4v) is 2.31. The first-order valence-corrected chi connectivity index (χ1v) is 5.60. The van der Waals surface area contributed by atoms with Gasteiger partial charge in [-0.2, -0.15) is 10.5 Å². The second kappa shape index (κ2) is 3.87. The van der Waals surface area contributed by atoms with Crippen LogP contribution < -0.4 is 0 Å². The predicted molar refractivity (Wildman–Crippen MR) is 70.9 cm³/mol. The summed E-state index contributed by atoms with van der Waals surface area (Å²) < 4.78 is 0. The third-order valence-electron chi connectivity index (χ3n) is 3.14. The first-order chi connectivity index (χ1) is 8.85. The molecule has 0 aliphatic rings. The van der Waals surface area contributed by atoms with Crippen LogP contribution in [0, 0.1) is 22.7 Å². The third kappa shape index (κ3) is 1.34. The zero-order valence-electron chi connectivity index (χ0n) is 9.51. The summed E-state index contributed by atoms with van der Waals surface area (Å²) >= 11 is 0. The highest BCUT2D eigenvalue weighted by molar-refractivity contribution is 6.10. The lowest BCUT2D eigenvalue weighted by Crippen LogP contribution is -1.87. The van der Waals surface area contributed by atoms with Crippen LogP contribution in [0.15, 0.2) is 48.5 Å². The Kier molecular flexibility index (Phi) is 2.22. The standard InChI is InChI=1S/C16H8N2/c17-9-13-8-7-12-6-5-11-3-1-2-4-14(11)16(12)15(13)10-18/h1-8H. The van der Waals surface area contributed by atoms with Crippen LogP contribution in [0.1, 0.15) is 11.1 Å². The summed E-state index contributed by atoms with van der Waals surface area (Å²) in [6, 6.07) is 19.8. The van der Waals surface area contributed by atoms with Crippen LogP contribution in [0.2, 0.25) is 0 Å². The molecule has 0 radical (unpaired) electrons. The molecule has 0 atom stereocenters. The van der Waals surface area contributed by atoms with E-state index in [4.69, 9.17) is 5.26 Å². The van der Waals surface area contributed by atoms with Crippen molar-refractivity contribution >= 4 is 21.5 Å². The minimum atomic E-state index is 0.432. The van der Waals surface area contributed by atoms with Crippen molar-refractivity contribution in [3.63, 3.8) is 0 Å². The van der Waals surface area contributed by atoms with Crippen molar-refractivity contribution in [1.82, 2.24) is 0 Å². The zero-order valence-corrected chi connectivity index (χ0v) is 9.51. The minimum Gasteiger partial charge on any atom is -0.192 e. The number of hydrogen-bond donors (Lipinski definition) is 0. The highest BCUT2D eigenvalue weighted by atomic mass is 14.3. The summed E-state index contributed by atoms with van der Waals surface area (Å²) in [6.45, 7) is 0. The van der Waals surface area contributed by atoms with E-state index in [9.17, 15) is 5.26 Å². The average Bonchev–Trinajstić information content (AvgIpc) is 2.45. The number of rotatable bonds is 0. The Bertz CT molecular complexity index is 848. The van der Waals surface area contributed by atoms with Crippen molar-refractivity contribution in [2.45, 2.75) is 0 Å². The van der Waals surface area contributed by atoms with Gasteiger partial charge in [-0.25, -0.2) is 0 Å². The van der Waals surface area contributed by atoms with Gasteiger partial charge in [0.2, 0.25) is 0 Å². The number of hydrogen-bond acceptors (Lipinski definition) is 2. The lowest BCUT2D eigenvalue weighted by Gasteiger charge is -2.06. The molecule has 3 aromatic carbocycles. The molecular formula is C16H8N2. The van der Waals surface area contributed by atoms with E-state index in [0.29, 0.717) is 11.1 Å². The summed E-state index contributed by atoms with van der Waals surface area (Å²) in [5.41, 5.74) is 0.896. The van der Waals surface area contributed by atoms with Gasteiger partial charge in [-0.1, -0.05) is 42.5 Å². The normalized spacial score (nSPS) is 10.1. The molecule has 0 aliphatic carbocycles. The van der Waals surface area contributed by atoms with E-state index in [2.05, 4.69) is 12.1 Å². The Morgan fingerprint density at radius 1 is 0.722 bits per heavy atom. The minimum absolute atomic E-state index is 0.432. The van der Waals surface area contributed by atoms with E-state index in [-0.39, 0.29) is 0 Å². The molecule has 0 heterocycles. The molecule has 0 fully saturated rings. The lowest BCUT2D eigenvalue weighted by atomic mass is 9.95. The van der Waals surface area contributed by atoms with Gasteiger partial charge in [0.25, 0.3) is 0 Å². The van der Waals surface area contributed by atoms with Gasteiger partial charge in [0, 0.05) is 5.39 Å². The van der Waals surface area contributed by atoms with Gasteiger partial charge >= 0.3 is 0 Å². The fraction of sp³-hybridized carbons (Fsp3) is 0. The fourth-order valence-electron chi connectivity index (χ4n) is 2.31. The van der Waals surface area contributed by atoms with Crippen LogP contribution in [0.4, 0.5) is 0 Å². The van der Waals surface area contributed by atoms with Gasteiger partial charge in [0.15, 0.2) is 0 Å². The molecule has 0 bridgehead atoms. The maximum atomic E-state index is 9.31. The molecule has 0 unspecified atom stereocenters. The summed E-state index contributed by atoms with van der Waals surface area (Å²) in [6.07, 6.45) is 0. The van der Waals surface area contributed by atoms with Crippen LogP contribution in [0.3, 0.4) is 0 Å². The first-order valence-electron chi connectivity index (χ1n) is 5.60. The molecule has 0 saturated carbocycles. The van der Waals surface area contributed by atoms with Crippen LogP contribution in [-0.2, 0) is 0 Å². The summed E-state index contributed by atoms with van der Waals surface area (Å²) in [5.74, 6) is 0. The van der Waals surface area contributed by atoms with E-state index in [0.717, 1.165) is 21.5 Å². The molecule has 0 saturated heterocycles. The van der Waals surface area contributed by atoms with Crippen LogP contribution in [-0.4, -0.2) is 0 Å². The van der Waals surface area contributed by atoms with E-state index in [1.54, 1.807) is 6.07 Å². The molecule has 0 aliphatic heterocycles. The smallest absolute Gasteiger partial charge is 0.101 e. The van der Waals surface area contributed by atoms with E-state index < -0.39 is 0 Å². The molecule has 0 N–H and O–H groups in total.